The SMILES string of the molecule is S=C1SCC2=NN(c3ccccc3)C=C(c3ccccc3)N12. The molecule has 0 spiro atoms. The minimum atomic E-state index is 0.812. The van der Waals surface area contributed by atoms with E-state index >= 15 is 0 Å². The summed E-state index contributed by atoms with van der Waals surface area (Å²) in [6.45, 7) is 0. The molecule has 0 N–H and O–H groups in total. The number of fused-ring (bicyclic) bond motifs is 1. The maximum absolute atomic E-state index is 5.50. The first-order valence-electron chi connectivity index (χ1n) is 6.99. The van der Waals surface area contributed by atoms with Crippen molar-refractivity contribution in [1.29, 1.82) is 0 Å². The van der Waals surface area contributed by atoms with Crippen molar-refractivity contribution < 1.29 is 0 Å². The summed E-state index contributed by atoms with van der Waals surface area (Å²) in [6, 6.07) is 20.5. The number of rotatable bonds is 2. The van der Waals surface area contributed by atoms with Crippen molar-refractivity contribution in [1.82, 2.24) is 4.90 Å². The van der Waals surface area contributed by atoms with Crippen LogP contribution < -0.4 is 5.01 Å². The van der Waals surface area contributed by atoms with Crippen LogP contribution in [0.15, 0.2) is 72.0 Å². The van der Waals surface area contributed by atoms with E-state index in [9.17, 15) is 0 Å². The van der Waals surface area contributed by atoms with Crippen molar-refractivity contribution in [3.63, 3.8) is 0 Å². The first-order valence-corrected chi connectivity index (χ1v) is 8.38. The molecule has 1 fully saturated rings. The summed E-state index contributed by atoms with van der Waals surface area (Å²) in [5.41, 5.74) is 3.26. The largest absolute Gasteiger partial charge is 0.279 e. The Morgan fingerprint density at radius 1 is 0.955 bits per heavy atom. The number of benzene rings is 2. The lowest BCUT2D eigenvalue weighted by Crippen LogP contribution is -2.34. The minimum absolute atomic E-state index is 0.812. The van der Waals surface area contributed by atoms with E-state index in [1.54, 1.807) is 11.8 Å². The van der Waals surface area contributed by atoms with Crippen LogP contribution in [0.4, 0.5) is 5.69 Å². The first kappa shape index (κ1) is 13.5. The molecule has 1 saturated heterocycles. The molecule has 108 valence electrons. The van der Waals surface area contributed by atoms with Gasteiger partial charge in [-0.3, -0.25) is 4.90 Å². The van der Waals surface area contributed by atoms with Crippen LogP contribution in [0, 0.1) is 0 Å². The van der Waals surface area contributed by atoms with E-state index in [0.29, 0.717) is 0 Å². The number of amidine groups is 1. The van der Waals surface area contributed by atoms with Crippen molar-refractivity contribution in [2.45, 2.75) is 0 Å². The van der Waals surface area contributed by atoms with Gasteiger partial charge in [0, 0.05) is 5.56 Å². The predicted octanol–water partition coefficient (Wildman–Crippen LogP) is 4.15. The average molecular weight is 323 g/mol. The zero-order valence-corrected chi connectivity index (χ0v) is 13.3. The molecule has 3 nitrogen and oxygen atoms in total. The lowest BCUT2D eigenvalue weighted by Gasteiger charge is -2.30. The van der Waals surface area contributed by atoms with Gasteiger partial charge in [-0.2, -0.15) is 5.10 Å². The molecule has 0 saturated carbocycles. The van der Waals surface area contributed by atoms with Gasteiger partial charge in [0.25, 0.3) is 0 Å². The maximum atomic E-state index is 5.50. The summed E-state index contributed by atoms with van der Waals surface area (Å²) in [7, 11) is 0. The molecule has 0 aliphatic carbocycles. The van der Waals surface area contributed by atoms with Crippen molar-refractivity contribution in [3.05, 3.63) is 72.4 Å². The zero-order valence-electron chi connectivity index (χ0n) is 11.7. The van der Waals surface area contributed by atoms with Gasteiger partial charge < -0.3 is 0 Å². The van der Waals surface area contributed by atoms with Crippen molar-refractivity contribution in [3.8, 4) is 0 Å². The number of anilines is 1. The lowest BCUT2D eigenvalue weighted by molar-refractivity contribution is 0.837. The number of thiocarbonyl (C=S) groups is 1. The van der Waals surface area contributed by atoms with Gasteiger partial charge in [0.1, 0.15) is 10.2 Å². The Morgan fingerprint density at radius 2 is 1.64 bits per heavy atom. The molecule has 0 unspecified atom stereocenters. The fourth-order valence-electron chi connectivity index (χ4n) is 2.52. The van der Waals surface area contributed by atoms with Crippen LogP contribution in [0.1, 0.15) is 5.56 Å². The fourth-order valence-corrected chi connectivity index (χ4v) is 3.68. The molecule has 0 bridgehead atoms. The van der Waals surface area contributed by atoms with E-state index in [0.717, 1.165) is 32.9 Å². The summed E-state index contributed by atoms with van der Waals surface area (Å²) in [5.74, 6) is 1.80. The molecule has 4 rings (SSSR count). The summed E-state index contributed by atoms with van der Waals surface area (Å²) >= 11 is 7.16. The van der Waals surface area contributed by atoms with Crippen LogP contribution in [0.3, 0.4) is 0 Å². The summed E-state index contributed by atoms with van der Waals surface area (Å²) in [4.78, 5) is 2.08. The molecule has 2 aliphatic heterocycles. The second-order valence-corrected chi connectivity index (χ2v) is 6.58. The fraction of sp³-hybridized carbons (Fsp3) is 0.0588. The smallest absolute Gasteiger partial charge is 0.146 e. The number of thioether (sulfide) groups is 1. The monoisotopic (exact) mass is 323 g/mol. The molecular weight excluding hydrogens is 310 g/mol. The zero-order chi connectivity index (χ0) is 14.9. The standard InChI is InChI=1S/C17H13N3S2/c21-17-20-15(13-7-3-1-4-8-13)11-19(18-16(20)12-22-17)14-9-5-2-6-10-14/h1-11H,12H2. The summed E-state index contributed by atoms with van der Waals surface area (Å²) in [6.07, 6.45) is 2.05. The number of para-hydroxylation sites is 1. The van der Waals surface area contributed by atoms with Crippen LogP contribution in [0.5, 0.6) is 0 Å². The topological polar surface area (TPSA) is 18.8 Å². The van der Waals surface area contributed by atoms with Gasteiger partial charge in [-0.05, 0) is 12.1 Å². The molecule has 0 radical (unpaired) electrons. The molecule has 2 aliphatic rings. The van der Waals surface area contributed by atoms with Gasteiger partial charge in [-0.1, -0.05) is 72.5 Å². The summed E-state index contributed by atoms with van der Waals surface area (Å²) in [5, 5.41) is 6.66. The van der Waals surface area contributed by atoms with Crippen LogP contribution >= 0.6 is 24.0 Å². The average Bonchev–Trinajstić information content (AvgIpc) is 2.97. The number of hydrogen-bond acceptors (Lipinski definition) is 4. The van der Waals surface area contributed by atoms with E-state index in [4.69, 9.17) is 17.3 Å². The van der Waals surface area contributed by atoms with Gasteiger partial charge in [0.2, 0.25) is 0 Å². The highest BCUT2D eigenvalue weighted by Gasteiger charge is 2.32. The first-order chi connectivity index (χ1) is 10.8. The molecule has 0 aromatic heterocycles. The van der Waals surface area contributed by atoms with Crippen LogP contribution in [-0.4, -0.2) is 20.8 Å². The molecule has 2 aromatic rings. The third-order valence-corrected chi connectivity index (χ3v) is 4.93. The Labute approximate surface area is 138 Å². The normalized spacial score (nSPS) is 17.2. The second kappa shape index (κ2) is 5.59. The van der Waals surface area contributed by atoms with E-state index in [-0.39, 0.29) is 0 Å². The highest BCUT2D eigenvalue weighted by molar-refractivity contribution is 8.24. The van der Waals surface area contributed by atoms with E-state index in [1.165, 1.54) is 0 Å². The van der Waals surface area contributed by atoms with Crippen LogP contribution in [0.25, 0.3) is 5.70 Å². The Balaban J connectivity index is 1.82. The Kier molecular flexibility index (Phi) is 3.44. The molecule has 0 atom stereocenters. The van der Waals surface area contributed by atoms with Gasteiger partial charge in [-0.15, -0.1) is 0 Å². The van der Waals surface area contributed by atoms with E-state index < -0.39 is 0 Å². The van der Waals surface area contributed by atoms with Crippen LogP contribution in [0.2, 0.25) is 0 Å². The predicted molar refractivity (Wildman–Crippen MR) is 97.7 cm³/mol. The van der Waals surface area contributed by atoms with Crippen LogP contribution in [-0.2, 0) is 0 Å². The Hall–Kier alpha value is -2.11. The molecule has 2 heterocycles. The lowest BCUT2D eigenvalue weighted by atomic mass is 10.1. The molecule has 5 heteroatoms. The number of hydrogen-bond donors (Lipinski definition) is 0. The highest BCUT2D eigenvalue weighted by Crippen LogP contribution is 2.34. The maximum Gasteiger partial charge on any atom is 0.146 e. The summed E-state index contributed by atoms with van der Waals surface area (Å²) < 4.78 is 0.863. The van der Waals surface area contributed by atoms with Gasteiger partial charge in [0.05, 0.1) is 23.3 Å². The quantitative estimate of drug-likeness (QED) is 0.773. The van der Waals surface area contributed by atoms with Gasteiger partial charge in [-0.25, -0.2) is 5.01 Å². The minimum Gasteiger partial charge on any atom is -0.279 e. The highest BCUT2D eigenvalue weighted by atomic mass is 32.2. The third kappa shape index (κ3) is 2.32. The molecular formula is C17H13N3S2. The van der Waals surface area contributed by atoms with Crippen molar-refractivity contribution in [2.24, 2.45) is 5.10 Å². The molecule has 0 amide bonds. The molecule has 2 aromatic carbocycles. The Bertz CT molecular complexity index is 769. The number of hydrazone groups is 1. The van der Waals surface area contributed by atoms with E-state index in [2.05, 4.69) is 29.2 Å². The van der Waals surface area contributed by atoms with Crippen molar-refractivity contribution in [2.75, 3.05) is 10.8 Å². The third-order valence-electron chi connectivity index (χ3n) is 3.56. The Morgan fingerprint density at radius 3 is 2.36 bits per heavy atom. The van der Waals surface area contributed by atoms with E-state index in [1.807, 2.05) is 47.6 Å². The molecule has 22 heavy (non-hydrogen) atoms. The number of nitrogens with zero attached hydrogens (tertiary/aromatic N) is 3. The second-order valence-electron chi connectivity index (χ2n) is 4.97. The van der Waals surface area contributed by atoms with Gasteiger partial charge >= 0.3 is 0 Å². The van der Waals surface area contributed by atoms with Crippen molar-refractivity contribution >= 4 is 45.5 Å². The van der Waals surface area contributed by atoms with Gasteiger partial charge in [0.15, 0.2) is 0 Å².